The number of nitrogens with one attached hydrogen (secondary N) is 2. The summed E-state index contributed by atoms with van der Waals surface area (Å²) in [6, 6.07) is 19.6. The second-order valence-corrected chi connectivity index (χ2v) is 6.16. The SMILES string of the molecule is O=C(CNC(=O)c1cccc([N+](=O)[O-])c1)NC(c1ccccc1)c1ccccn1. The van der Waals surface area contributed by atoms with Crippen molar-refractivity contribution in [2.24, 2.45) is 0 Å². The van der Waals surface area contributed by atoms with E-state index < -0.39 is 22.8 Å². The molecule has 0 fully saturated rings. The van der Waals surface area contributed by atoms with Crippen molar-refractivity contribution in [1.29, 1.82) is 0 Å². The third kappa shape index (κ3) is 5.23. The van der Waals surface area contributed by atoms with E-state index in [0.29, 0.717) is 5.69 Å². The number of amides is 2. The Bertz CT molecular complexity index is 970. The van der Waals surface area contributed by atoms with Crippen molar-refractivity contribution in [2.75, 3.05) is 6.54 Å². The van der Waals surface area contributed by atoms with Crippen LogP contribution in [0.1, 0.15) is 27.7 Å². The summed E-state index contributed by atoms with van der Waals surface area (Å²) in [6.07, 6.45) is 1.64. The van der Waals surface area contributed by atoms with Gasteiger partial charge in [-0.05, 0) is 23.8 Å². The highest BCUT2D eigenvalue weighted by Crippen LogP contribution is 2.19. The number of pyridine rings is 1. The van der Waals surface area contributed by atoms with Crippen LogP contribution in [0.5, 0.6) is 0 Å². The molecule has 2 amide bonds. The number of hydrogen-bond donors (Lipinski definition) is 2. The van der Waals surface area contributed by atoms with Crippen LogP contribution in [0.15, 0.2) is 79.0 Å². The summed E-state index contributed by atoms with van der Waals surface area (Å²) < 4.78 is 0. The molecule has 1 aromatic heterocycles. The molecule has 0 spiro atoms. The molecule has 0 aliphatic carbocycles. The quantitative estimate of drug-likeness (QED) is 0.475. The van der Waals surface area contributed by atoms with Gasteiger partial charge in [0.05, 0.1) is 23.2 Å². The first-order chi connectivity index (χ1) is 14.0. The number of benzene rings is 2. The molecule has 146 valence electrons. The Hall–Kier alpha value is -4.07. The smallest absolute Gasteiger partial charge is 0.270 e. The average molecular weight is 390 g/mol. The number of carbonyl (C=O) groups is 2. The van der Waals surface area contributed by atoms with Gasteiger partial charge in [-0.2, -0.15) is 0 Å². The lowest BCUT2D eigenvalue weighted by Gasteiger charge is -2.19. The summed E-state index contributed by atoms with van der Waals surface area (Å²) in [4.78, 5) is 39.2. The fraction of sp³-hybridized carbons (Fsp3) is 0.0952. The molecule has 29 heavy (non-hydrogen) atoms. The maximum Gasteiger partial charge on any atom is 0.270 e. The molecule has 8 heteroatoms. The standard InChI is InChI=1S/C21H18N4O4/c26-19(14-23-21(27)16-9-6-10-17(13-16)25(28)29)24-20(15-7-2-1-3-8-15)18-11-4-5-12-22-18/h1-13,20H,14H2,(H,23,27)(H,24,26). The van der Waals surface area contributed by atoms with Gasteiger partial charge in [0.1, 0.15) is 0 Å². The second kappa shape index (κ2) is 9.23. The third-order valence-corrected chi connectivity index (χ3v) is 4.15. The Labute approximate surface area is 166 Å². The minimum atomic E-state index is -0.583. The molecule has 1 unspecified atom stereocenters. The van der Waals surface area contributed by atoms with Crippen LogP contribution in [0.3, 0.4) is 0 Å². The van der Waals surface area contributed by atoms with Crippen molar-refractivity contribution in [3.63, 3.8) is 0 Å². The van der Waals surface area contributed by atoms with E-state index >= 15 is 0 Å². The number of hydrogen-bond acceptors (Lipinski definition) is 5. The Morgan fingerprint density at radius 2 is 1.76 bits per heavy atom. The number of carbonyl (C=O) groups excluding carboxylic acids is 2. The number of nitro groups is 1. The molecule has 2 N–H and O–H groups in total. The van der Waals surface area contributed by atoms with Crippen molar-refractivity contribution in [2.45, 2.75) is 6.04 Å². The zero-order valence-corrected chi connectivity index (χ0v) is 15.3. The van der Waals surface area contributed by atoms with Crippen molar-refractivity contribution in [3.05, 3.63) is 106 Å². The first-order valence-electron chi connectivity index (χ1n) is 8.82. The number of rotatable bonds is 7. The molecule has 3 aromatic rings. The maximum atomic E-state index is 12.4. The Kier molecular flexibility index (Phi) is 6.26. The van der Waals surface area contributed by atoms with Gasteiger partial charge >= 0.3 is 0 Å². The van der Waals surface area contributed by atoms with Crippen molar-refractivity contribution < 1.29 is 14.5 Å². The molecule has 2 aromatic carbocycles. The third-order valence-electron chi connectivity index (χ3n) is 4.15. The topological polar surface area (TPSA) is 114 Å². The minimum absolute atomic E-state index is 0.108. The van der Waals surface area contributed by atoms with Gasteiger partial charge < -0.3 is 10.6 Å². The summed E-state index contributed by atoms with van der Waals surface area (Å²) in [7, 11) is 0. The van der Waals surface area contributed by atoms with Gasteiger partial charge in [-0.3, -0.25) is 24.7 Å². The Balaban J connectivity index is 1.67. The summed E-state index contributed by atoms with van der Waals surface area (Å²) in [5.74, 6) is -0.985. The summed E-state index contributed by atoms with van der Waals surface area (Å²) >= 11 is 0. The van der Waals surface area contributed by atoms with Crippen LogP contribution in [-0.2, 0) is 4.79 Å². The highest BCUT2D eigenvalue weighted by atomic mass is 16.6. The van der Waals surface area contributed by atoms with Gasteiger partial charge in [-0.15, -0.1) is 0 Å². The molecule has 0 aliphatic rings. The number of non-ortho nitro benzene ring substituents is 1. The lowest BCUT2D eigenvalue weighted by atomic mass is 10.0. The number of aromatic nitrogens is 1. The molecule has 0 bridgehead atoms. The monoisotopic (exact) mass is 390 g/mol. The van der Waals surface area contributed by atoms with E-state index in [1.165, 1.54) is 18.2 Å². The second-order valence-electron chi connectivity index (χ2n) is 6.16. The van der Waals surface area contributed by atoms with Crippen LogP contribution in [0.25, 0.3) is 0 Å². The molecule has 1 heterocycles. The minimum Gasteiger partial charge on any atom is -0.343 e. The van der Waals surface area contributed by atoms with Gasteiger partial charge in [0.2, 0.25) is 5.91 Å². The van der Waals surface area contributed by atoms with E-state index in [1.807, 2.05) is 36.4 Å². The average Bonchev–Trinajstić information content (AvgIpc) is 2.77. The van der Waals surface area contributed by atoms with Crippen LogP contribution >= 0.6 is 0 Å². The molecule has 0 radical (unpaired) electrons. The molecular formula is C21H18N4O4. The summed E-state index contributed by atoms with van der Waals surface area (Å²) in [5.41, 5.74) is 1.43. The predicted octanol–water partition coefficient (Wildman–Crippen LogP) is 2.63. The van der Waals surface area contributed by atoms with E-state index in [1.54, 1.807) is 18.3 Å². The largest absolute Gasteiger partial charge is 0.343 e. The van der Waals surface area contributed by atoms with Gasteiger partial charge in [0.15, 0.2) is 0 Å². The van der Waals surface area contributed by atoms with Gasteiger partial charge in [0.25, 0.3) is 11.6 Å². The van der Waals surface area contributed by atoms with Crippen LogP contribution in [-0.4, -0.2) is 28.3 Å². The summed E-state index contributed by atoms with van der Waals surface area (Å²) in [6.45, 7) is -0.280. The fourth-order valence-corrected chi connectivity index (χ4v) is 2.76. The maximum absolute atomic E-state index is 12.4. The van der Waals surface area contributed by atoms with E-state index in [4.69, 9.17) is 0 Å². The van der Waals surface area contributed by atoms with Crippen LogP contribution in [0.2, 0.25) is 0 Å². The molecule has 0 saturated carbocycles. The van der Waals surface area contributed by atoms with Crippen LogP contribution in [0.4, 0.5) is 5.69 Å². The van der Waals surface area contributed by atoms with Gasteiger partial charge in [-0.25, -0.2) is 0 Å². The number of nitro benzene ring substituents is 1. The van der Waals surface area contributed by atoms with Gasteiger partial charge in [-0.1, -0.05) is 42.5 Å². The molecule has 0 saturated heterocycles. The zero-order valence-electron chi connectivity index (χ0n) is 15.3. The van der Waals surface area contributed by atoms with Crippen LogP contribution < -0.4 is 10.6 Å². The van der Waals surface area contributed by atoms with E-state index in [9.17, 15) is 19.7 Å². The zero-order chi connectivity index (χ0) is 20.6. The first-order valence-corrected chi connectivity index (χ1v) is 8.82. The Morgan fingerprint density at radius 1 is 1.00 bits per heavy atom. The fourth-order valence-electron chi connectivity index (χ4n) is 2.76. The molecular weight excluding hydrogens is 372 g/mol. The van der Waals surface area contributed by atoms with Crippen molar-refractivity contribution in [3.8, 4) is 0 Å². The highest BCUT2D eigenvalue weighted by molar-refractivity contribution is 5.97. The first kappa shape index (κ1) is 19.7. The van der Waals surface area contributed by atoms with E-state index in [-0.39, 0.29) is 17.8 Å². The van der Waals surface area contributed by atoms with E-state index in [2.05, 4.69) is 15.6 Å². The normalized spacial score (nSPS) is 11.3. The lowest BCUT2D eigenvalue weighted by Crippen LogP contribution is -2.39. The number of nitrogens with zero attached hydrogens (tertiary/aromatic N) is 2. The molecule has 8 nitrogen and oxygen atoms in total. The molecule has 3 rings (SSSR count). The Morgan fingerprint density at radius 3 is 2.45 bits per heavy atom. The van der Waals surface area contributed by atoms with E-state index in [0.717, 1.165) is 11.6 Å². The molecule has 0 aliphatic heterocycles. The van der Waals surface area contributed by atoms with Crippen LogP contribution in [0, 0.1) is 10.1 Å². The predicted molar refractivity (Wildman–Crippen MR) is 106 cm³/mol. The summed E-state index contributed by atoms with van der Waals surface area (Å²) in [5, 5.41) is 16.2. The van der Waals surface area contributed by atoms with Gasteiger partial charge in [0, 0.05) is 23.9 Å². The van der Waals surface area contributed by atoms with Crippen molar-refractivity contribution >= 4 is 17.5 Å². The highest BCUT2D eigenvalue weighted by Gasteiger charge is 2.18. The molecule has 1 atom stereocenters. The van der Waals surface area contributed by atoms with Crippen molar-refractivity contribution in [1.82, 2.24) is 15.6 Å². The lowest BCUT2D eigenvalue weighted by molar-refractivity contribution is -0.384.